The highest BCUT2D eigenvalue weighted by Crippen LogP contribution is 2.28. The van der Waals surface area contributed by atoms with E-state index in [0.29, 0.717) is 24.9 Å². The molecule has 0 heterocycles. The highest BCUT2D eigenvalue weighted by Gasteiger charge is 2.30. The number of hydrogen-bond acceptors (Lipinski definition) is 3. The predicted molar refractivity (Wildman–Crippen MR) is 79.9 cm³/mol. The zero-order valence-corrected chi connectivity index (χ0v) is 13.0. The van der Waals surface area contributed by atoms with Crippen molar-refractivity contribution in [3.63, 3.8) is 0 Å². The van der Waals surface area contributed by atoms with Crippen LogP contribution in [0.4, 0.5) is 0 Å². The zero-order valence-electron chi connectivity index (χ0n) is 13.0. The molecule has 1 fully saturated rings. The van der Waals surface area contributed by atoms with Gasteiger partial charge in [0.15, 0.2) is 0 Å². The van der Waals surface area contributed by atoms with Crippen molar-refractivity contribution in [2.75, 3.05) is 20.6 Å². The minimum absolute atomic E-state index is 0.108. The van der Waals surface area contributed by atoms with Crippen molar-refractivity contribution in [1.29, 1.82) is 0 Å². The van der Waals surface area contributed by atoms with Gasteiger partial charge in [-0.05, 0) is 32.9 Å². The first-order valence-corrected chi connectivity index (χ1v) is 7.56. The lowest BCUT2D eigenvalue weighted by molar-refractivity contribution is -0.122. The smallest absolute Gasteiger partial charge is 0.221 e. The van der Waals surface area contributed by atoms with Crippen LogP contribution in [0.15, 0.2) is 0 Å². The lowest BCUT2D eigenvalue weighted by atomic mass is 9.80. The van der Waals surface area contributed by atoms with Crippen molar-refractivity contribution in [2.45, 2.75) is 64.0 Å². The summed E-state index contributed by atoms with van der Waals surface area (Å²) < 4.78 is 0. The van der Waals surface area contributed by atoms with Crippen LogP contribution in [0, 0.1) is 5.92 Å². The van der Waals surface area contributed by atoms with Crippen LogP contribution in [0.3, 0.4) is 0 Å². The van der Waals surface area contributed by atoms with Crippen molar-refractivity contribution in [3.05, 3.63) is 0 Å². The number of nitrogens with two attached hydrogens (primary N) is 1. The Kier molecular flexibility index (Phi) is 6.27. The number of nitrogens with one attached hydrogen (secondary N) is 1. The quantitative estimate of drug-likeness (QED) is 0.772. The van der Waals surface area contributed by atoms with Crippen molar-refractivity contribution >= 4 is 5.91 Å². The van der Waals surface area contributed by atoms with Crippen LogP contribution in [0.1, 0.15) is 52.4 Å². The molecule has 1 aliphatic rings. The van der Waals surface area contributed by atoms with E-state index in [1.54, 1.807) is 0 Å². The van der Waals surface area contributed by atoms with Gasteiger partial charge in [0.25, 0.3) is 0 Å². The van der Waals surface area contributed by atoms with Crippen molar-refractivity contribution in [2.24, 2.45) is 11.7 Å². The Labute approximate surface area is 118 Å². The second-order valence-electron chi connectivity index (χ2n) is 6.68. The molecule has 0 aliphatic heterocycles. The maximum absolute atomic E-state index is 12.1. The lowest BCUT2D eigenvalue weighted by Gasteiger charge is -2.33. The fourth-order valence-corrected chi connectivity index (χ4v) is 3.05. The van der Waals surface area contributed by atoms with E-state index >= 15 is 0 Å². The number of carbonyl (C=O) groups excluding carboxylic acids is 1. The number of hydrogen-bond donors (Lipinski definition) is 2. The Morgan fingerprint density at radius 3 is 2.32 bits per heavy atom. The third-order valence-electron chi connectivity index (χ3n) is 4.30. The molecule has 0 aromatic heterocycles. The molecular weight excluding hydrogens is 238 g/mol. The third-order valence-corrected chi connectivity index (χ3v) is 4.30. The molecule has 1 atom stereocenters. The molecule has 19 heavy (non-hydrogen) atoms. The predicted octanol–water partition coefficient (Wildman–Crippen LogP) is 1.74. The highest BCUT2D eigenvalue weighted by atomic mass is 16.1. The third kappa shape index (κ3) is 5.49. The van der Waals surface area contributed by atoms with Gasteiger partial charge in [-0.15, -0.1) is 0 Å². The minimum Gasteiger partial charge on any atom is -0.354 e. The van der Waals surface area contributed by atoms with Crippen LogP contribution in [-0.4, -0.2) is 43.0 Å². The molecule has 0 spiro atoms. The largest absolute Gasteiger partial charge is 0.354 e. The van der Waals surface area contributed by atoms with Gasteiger partial charge in [0.05, 0.1) is 0 Å². The summed E-state index contributed by atoms with van der Waals surface area (Å²) in [5.74, 6) is 0.633. The molecule has 0 radical (unpaired) electrons. The van der Waals surface area contributed by atoms with Crippen LogP contribution in [0.2, 0.25) is 0 Å². The van der Waals surface area contributed by atoms with E-state index in [1.165, 1.54) is 6.42 Å². The fourth-order valence-electron chi connectivity index (χ4n) is 3.05. The summed E-state index contributed by atoms with van der Waals surface area (Å²) in [5, 5.41) is 3.06. The van der Waals surface area contributed by atoms with Gasteiger partial charge in [-0.3, -0.25) is 4.79 Å². The van der Waals surface area contributed by atoms with E-state index in [1.807, 2.05) is 0 Å². The van der Waals surface area contributed by atoms with E-state index < -0.39 is 0 Å². The molecule has 0 bridgehead atoms. The number of likely N-dealkylation sites (N-methyl/N-ethyl adjacent to an activating group) is 1. The zero-order chi connectivity index (χ0) is 14.5. The normalized spacial score (nSPS) is 20.6. The monoisotopic (exact) mass is 269 g/mol. The van der Waals surface area contributed by atoms with E-state index in [0.717, 1.165) is 25.7 Å². The Hall–Kier alpha value is -0.610. The molecule has 1 amide bonds. The van der Waals surface area contributed by atoms with E-state index in [4.69, 9.17) is 5.73 Å². The van der Waals surface area contributed by atoms with Gasteiger partial charge in [-0.1, -0.05) is 33.1 Å². The molecule has 0 aromatic carbocycles. The summed E-state index contributed by atoms with van der Waals surface area (Å²) in [6, 6.07) is 0.379. The van der Waals surface area contributed by atoms with Crippen LogP contribution < -0.4 is 11.1 Å². The molecule has 1 rings (SSSR count). The summed E-state index contributed by atoms with van der Waals surface area (Å²) in [5.41, 5.74) is 6.06. The van der Waals surface area contributed by atoms with E-state index in [-0.39, 0.29) is 11.4 Å². The summed E-state index contributed by atoms with van der Waals surface area (Å²) >= 11 is 0. The number of amides is 1. The standard InChI is InChI=1S/C15H31N3O/c1-12(2)13(18(3)4)11-17-14(19)10-15(16)8-6-5-7-9-15/h12-13H,5-11,16H2,1-4H3,(H,17,19). The number of nitrogens with zero attached hydrogens (tertiary/aromatic N) is 1. The van der Waals surface area contributed by atoms with Gasteiger partial charge in [0.1, 0.15) is 0 Å². The van der Waals surface area contributed by atoms with Crippen LogP contribution >= 0.6 is 0 Å². The average molecular weight is 269 g/mol. The summed E-state index contributed by atoms with van der Waals surface area (Å²) in [7, 11) is 4.12. The van der Waals surface area contributed by atoms with Crippen molar-refractivity contribution < 1.29 is 4.79 Å². The average Bonchev–Trinajstić information content (AvgIpc) is 2.28. The number of rotatable bonds is 6. The van der Waals surface area contributed by atoms with Gasteiger partial charge in [0.2, 0.25) is 5.91 Å². The van der Waals surface area contributed by atoms with Gasteiger partial charge < -0.3 is 16.0 Å². The topological polar surface area (TPSA) is 58.4 Å². The van der Waals surface area contributed by atoms with E-state index in [9.17, 15) is 4.79 Å². The molecule has 4 heteroatoms. The van der Waals surface area contributed by atoms with Crippen LogP contribution in [0.5, 0.6) is 0 Å². The first kappa shape index (κ1) is 16.4. The highest BCUT2D eigenvalue weighted by molar-refractivity contribution is 5.77. The minimum atomic E-state index is -0.256. The lowest BCUT2D eigenvalue weighted by Crippen LogP contribution is -2.48. The molecule has 0 aromatic rings. The molecule has 1 aliphatic carbocycles. The van der Waals surface area contributed by atoms with Crippen molar-refractivity contribution in [3.8, 4) is 0 Å². The maximum Gasteiger partial charge on any atom is 0.221 e. The first-order valence-electron chi connectivity index (χ1n) is 7.56. The Morgan fingerprint density at radius 2 is 1.84 bits per heavy atom. The van der Waals surface area contributed by atoms with Gasteiger partial charge in [0, 0.05) is 24.5 Å². The molecule has 1 unspecified atom stereocenters. The second-order valence-corrected chi connectivity index (χ2v) is 6.68. The summed E-state index contributed by atoms with van der Waals surface area (Å²) in [6.45, 7) is 5.07. The Bertz CT molecular complexity index is 275. The molecule has 0 saturated heterocycles. The summed E-state index contributed by atoms with van der Waals surface area (Å²) in [4.78, 5) is 14.2. The number of carbonyl (C=O) groups is 1. The first-order chi connectivity index (χ1) is 8.84. The fraction of sp³-hybridized carbons (Fsp3) is 0.933. The second kappa shape index (κ2) is 7.25. The molecule has 4 nitrogen and oxygen atoms in total. The van der Waals surface area contributed by atoms with E-state index in [2.05, 4.69) is 38.2 Å². The molecular formula is C15H31N3O. The van der Waals surface area contributed by atoms with Crippen LogP contribution in [0.25, 0.3) is 0 Å². The Balaban J connectivity index is 2.38. The van der Waals surface area contributed by atoms with Crippen molar-refractivity contribution in [1.82, 2.24) is 10.2 Å². The summed E-state index contributed by atoms with van der Waals surface area (Å²) in [6.07, 6.45) is 6.04. The SMILES string of the molecule is CC(C)C(CNC(=O)CC1(N)CCCCC1)N(C)C. The maximum atomic E-state index is 12.1. The van der Waals surface area contributed by atoms with Gasteiger partial charge in [-0.25, -0.2) is 0 Å². The molecule has 112 valence electrons. The van der Waals surface area contributed by atoms with Gasteiger partial charge in [-0.2, -0.15) is 0 Å². The van der Waals surface area contributed by atoms with Gasteiger partial charge >= 0.3 is 0 Å². The Morgan fingerprint density at radius 1 is 1.26 bits per heavy atom. The molecule has 3 N–H and O–H groups in total. The van der Waals surface area contributed by atoms with Crippen LogP contribution in [-0.2, 0) is 4.79 Å². The molecule has 1 saturated carbocycles.